The number of hydrogen-bond acceptors (Lipinski definition) is 4. The summed E-state index contributed by atoms with van der Waals surface area (Å²) in [6, 6.07) is 0.132. The van der Waals surface area contributed by atoms with Crippen LogP contribution < -0.4 is 0 Å². The van der Waals surface area contributed by atoms with E-state index in [0.717, 1.165) is 18.5 Å². The van der Waals surface area contributed by atoms with Gasteiger partial charge in [-0.05, 0) is 19.8 Å². The highest BCUT2D eigenvalue weighted by molar-refractivity contribution is 5.92. The van der Waals surface area contributed by atoms with Crippen LogP contribution in [0.4, 0.5) is 0 Å². The van der Waals surface area contributed by atoms with Crippen molar-refractivity contribution in [3.8, 4) is 0 Å². The van der Waals surface area contributed by atoms with Gasteiger partial charge in [0.05, 0.1) is 18.5 Å². The van der Waals surface area contributed by atoms with Gasteiger partial charge < -0.3 is 10.0 Å². The molecule has 100 valence electrons. The molecule has 18 heavy (non-hydrogen) atoms. The first-order valence-corrected chi connectivity index (χ1v) is 6.34. The van der Waals surface area contributed by atoms with Crippen molar-refractivity contribution < 1.29 is 9.90 Å². The van der Waals surface area contributed by atoms with E-state index >= 15 is 0 Å². The van der Waals surface area contributed by atoms with Crippen LogP contribution >= 0.6 is 0 Å². The van der Waals surface area contributed by atoms with Crippen molar-refractivity contribution in [3.05, 3.63) is 23.8 Å². The molecule has 0 radical (unpaired) electrons. The maximum atomic E-state index is 12.3. The van der Waals surface area contributed by atoms with Crippen molar-refractivity contribution in [1.29, 1.82) is 0 Å². The summed E-state index contributed by atoms with van der Waals surface area (Å²) in [5.74, 6) is -0.162. The minimum absolute atomic E-state index is 0.0401. The van der Waals surface area contributed by atoms with Gasteiger partial charge in [0, 0.05) is 18.8 Å². The molecule has 0 saturated carbocycles. The molecule has 1 aromatic heterocycles. The largest absolute Gasteiger partial charge is 0.395 e. The zero-order valence-electron chi connectivity index (χ0n) is 11.3. The molecule has 0 unspecified atom stereocenters. The molecular formula is C13H21N3O2. The number of carbonyl (C=O) groups is 1. The fourth-order valence-electron chi connectivity index (χ4n) is 1.94. The molecule has 1 rings (SSSR count). The molecule has 0 aliphatic heterocycles. The Morgan fingerprint density at radius 2 is 2.00 bits per heavy atom. The molecule has 0 spiro atoms. The average molecular weight is 251 g/mol. The summed E-state index contributed by atoms with van der Waals surface area (Å²) >= 11 is 0. The first-order valence-electron chi connectivity index (χ1n) is 6.34. The van der Waals surface area contributed by atoms with Crippen LogP contribution in [0.25, 0.3) is 0 Å². The molecule has 0 saturated heterocycles. The lowest BCUT2D eigenvalue weighted by Gasteiger charge is -2.29. The Bertz CT molecular complexity index is 374. The fraction of sp³-hybridized carbons (Fsp3) is 0.615. The molecule has 0 aromatic carbocycles. The van der Waals surface area contributed by atoms with Gasteiger partial charge >= 0.3 is 0 Å². The number of nitrogens with zero attached hydrogens (tertiary/aromatic N) is 3. The topological polar surface area (TPSA) is 66.3 Å². The summed E-state index contributed by atoms with van der Waals surface area (Å²) in [6.07, 6.45) is 4.80. The molecule has 1 heterocycles. The van der Waals surface area contributed by atoms with E-state index in [1.807, 2.05) is 20.8 Å². The Morgan fingerprint density at radius 3 is 2.44 bits per heavy atom. The number of aliphatic hydroxyl groups is 1. The minimum atomic E-state index is -0.162. The van der Waals surface area contributed by atoms with Crippen molar-refractivity contribution in [2.45, 2.75) is 39.7 Å². The second-order valence-electron chi connectivity index (χ2n) is 4.24. The van der Waals surface area contributed by atoms with Gasteiger partial charge in [0.15, 0.2) is 0 Å². The van der Waals surface area contributed by atoms with Gasteiger partial charge in [-0.25, -0.2) is 4.98 Å². The van der Waals surface area contributed by atoms with Gasteiger partial charge in [0.2, 0.25) is 0 Å². The summed E-state index contributed by atoms with van der Waals surface area (Å²) in [5.41, 5.74) is 1.11. The minimum Gasteiger partial charge on any atom is -0.395 e. The second kappa shape index (κ2) is 7.06. The van der Waals surface area contributed by atoms with Crippen molar-refractivity contribution in [3.63, 3.8) is 0 Å². The van der Waals surface area contributed by atoms with Gasteiger partial charge in [0.25, 0.3) is 5.91 Å². The summed E-state index contributed by atoms with van der Waals surface area (Å²) in [4.78, 5) is 22.2. The number of aliphatic hydroxyl groups excluding tert-OH is 1. The number of aryl methyl sites for hydroxylation is 1. The summed E-state index contributed by atoms with van der Waals surface area (Å²) in [6.45, 7) is 6.19. The molecule has 1 amide bonds. The Labute approximate surface area is 108 Å². The van der Waals surface area contributed by atoms with E-state index in [0.29, 0.717) is 12.2 Å². The third kappa shape index (κ3) is 3.50. The maximum absolute atomic E-state index is 12.3. The lowest BCUT2D eigenvalue weighted by Crippen LogP contribution is -2.42. The maximum Gasteiger partial charge on any atom is 0.274 e. The molecule has 0 aliphatic carbocycles. The molecule has 0 bridgehead atoms. The van der Waals surface area contributed by atoms with Crippen LogP contribution in [0.2, 0.25) is 0 Å². The molecule has 5 nitrogen and oxygen atoms in total. The van der Waals surface area contributed by atoms with Gasteiger partial charge in [-0.3, -0.25) is 9.78 Å². The van der Waals surface area contributed by atoms with E-state index in [-0.39, 0.29) is 18.6 Å². The standard InChI is InChI=1S/C13H21N3O2/c1-4-11(5-2)16(6-7-17)13(18)12-9-14-10(3)8-15-12/h8-9,11,17H,4-7H2,1-3H3. The summed E-state index contributed by atoms with van der Waals surface area (Å²) in [7, 11) is 0. The SMILES string of the molecule is CCC(CC)N(CCO)C(=O)c1cnc(C)cn1. The molecule has 1 aromatic rings. The van der Waals surface area contributed by atoms with Crippen LogP contribution in [0.3, 0.4) is 0 Å². The zero-order chi connectivity index (χ0) is 13.5. The van der Waals surface area contributed by atoms with E-state index in [4.69, 9.17) is 5.11 Å². The molecule has 0 aliphatic rings. The monoisotopic (exact) mass is 251 g/mol. The first-order chi connectivity index (χ1) is 8.63. The Hall–Kier alpha value is -1.49. The lowest BCUT2D eigenvalue weighted by atomic mass is 10.1. The number of rotatable bonds is 6. The average Bonchev–Trinajstić information content (AvgIpc) is 2.39. The van der Waals surface area contributed by atoms with Gasteiger partial charge in [-0.1, -0.05) is 13.8 Å². The van der Waals surface area contributed by atoms with E-state index in [1.54, 1.807) is 11.1 Å². The van der Waals surface area contributed by atoms with Crippen LogP contribution in [0.5, 0.6) is 0 Å². The third-order valence-electron chi connectivity index (χ3n) is 2.99. The van der Waals surface area contributed by atoms with Gasteiger partial charge in [-0.2, -0.15) is 0 Å². The quantitative estimate of drug-likeness (QED) is 0.830. The molecular weight excluding hydrogens is 230 g/mol. The molecule has 5 heteroatoms. The molecule has 0 fully saturated rings. The molecule has 0 atom stereocenters. The normalized spacial score (nSPS) is 10.7. The van der Waals surface area contributed by atoms with E-state index in [1.165, 1.54) is 6.20 Å². The predicted octanol–water partition coefficient (Wildman–Crippen LogP) is 1.41. The highest BCUT2D eigenvalue weighted by Gasteiger charge is 2.22. The van der Waals surface area contributed by atoms with E-state index in [9.17, 15) is 4.79 Å². The van der Waals surface area contributed by atoms with Crippen LogP contribution in [-0.4, -0.2) is 45.1 Å². The Kier molecular flexibility index (Phi) is 5.71. The summed E-state index contributed by atoms with van der Waals surface area (Å²) in [5, 5.41) is 9.09. The Morgan fingerprint density at radius 1 is 1.33 bits per heavy atom. The van der Waals surface area contributed by atoms with Crippen molar-refractivity contribution >= 4 is 5.91 Å². The van der Waals surface area contributed by atoms with Crippen LogP contribution in [-0.2, 0) is 0 Å². The number of amides is 1. The highest BCUT2D eigenvalue weighted by atomic mass is 16.3. The van der Waals surface area contributed by atoms with Crippen molar-refractivity contribution in [2.24, 2.45) is 0 Å². The lowest BCUT2D eigenvalue weighted by molar-refractivity contribution is 0.0616. The number of carbonyl (C=O) groups excluding carboxylic acids is 1. The van der Waals surface area contributed by atoms with Crippen LogP contribution in [0.15, 0.2) is 12.4 Å². The second-order valence-corrected chi connectivity index (χ2v) is 4.24. The number of hydrogen-bond donors (Lipinski definition) is 1. The van der Waals surface area contributed by atoms with Crippen molar-refractivity contribution in [1.82, 2.24) is 14.9 Å². The van der Waals surface area contributed by atoms with E-state index in [2.05, 4.69) is 9.97 Å². The van der Waals surface area contributed by atoms with Gasteiger partial charge in [-0.15, -0.1) is 0 Å². The molecule has 1 N–H and O–H groups in total. The van der Waals surface area contributed by atoms with E-state index < -0.39 is 0 Å². The number of aromatic nitrogens is 2. The van der Waals surface area contributed by atoms with Crippen LogP contribution in [0.1, 0.15) is 42.9 Å². The fourth-order valence-corrected chi connectivity index (χ4v) is 1.94. The summed E-state index contributed by atoms with van der Waals surface area (Å²) < 4.78 is 0. The van der Waals surface area contributed by atoms with Crippen LogP contribution in [0, 0.1) is 6.92 Å². The predicted molar refractivity (Wildman–Crippen MR) is 69.3 cm³/mol. The zero-order valence-corrected chi connectivity index (χ0v) is 11.3. The van der Waals surface area contributed by atoms with Crippen molar-refractivity contribution in [2.75, 3.05) is 13.2 Å². The smallest absolute Gasteiger partial charge is 0.274 e. The highest BCUT2D eigenvalue weighted by Crippen LogP contribution is 2.12. The third-order valence-corrected chi connectivity index (χ3v) is 2.99. The van der Waals surface area contributed by atoms with Gasteiger partial charge in [0.1, 0.15) is 5.69 Å². The first kappa shape index (κ1) is 14.6. The Balaban J connectivity index is 2.91.